The molecule has 2 atom stereocenters. The lowest BCUT2D eigenvalue weighted by Gasteiger charge is -2.30. The van der Waals surface area contributed by atoms with Crippen LogP contribution in [-0.2, 0) is 5.41 Å². The van der Waals surface area contributed by atoms with Gasteiger partial charge in [-0.2, -0.15) is 0 Å². The highest BCUT2D eigenvalue weighted by Crippen LogP contribution is 2.64. The largest absolute Gasteiger partial charge is 0.464 e. The summed E-state index contributed by atoms with van der Waals surface area (Å²) in [4.78, 5) is 15.7. The zero-order valence-corrected chi connectivity index (χ0v) is 33.3. The Hall–Kier alpha value is -8.29. The standard InChI is InChI=1S/C55H36N6O/c56-36-25-27-44-40(31-36)49-45(28-29-48-50(49)41(32-62-48)53-59-51(33-14-4-1-5-15-33)58-52(60-53)34-16-6-2-7-17-34)55(44)42-21-11-10-20-38(42)39-30-35(24-26-43(39)55)54-57-46-22-12-13-23-47(46)61(54)37-18-8-3-9-19-37/h1-32,51H,56H2,(H,58,59,60). The van der Waals surface area contributed by atoms with Gasteiger partial charge in [0.2, 0.25) is 0 Å². The van der Waals surface area contributed by atoms with Crippen LogP contribution in [0.1, 0.15) is 45.1 Å². The number of nitrogen functional groups attached to an aromatic ring is 1. The Morgan fingerprint density at radius 3 is 2.08 bits per heavy atom. The summed E-state index contributed by atoms with van der Waals surface area (Å²) < 4.78 is 8.75. The van der Waals surface area contributed by atoms with Crippen LogP contribution in [0.4, 0.5) is 5.69 Å². The van der Waals surface area contributed by atoms with Gasteiger partial charge >= 0.3 is 0 Å². The van der Waals surface area contributed by atoms with Gasteiger partial charge in [0, 0.05) is 27.9 Å². The molecular weight excluding hydrogens is 761 g/mol. The van der Waals surface area contributed by atoms with Gasteiger partial charge in [0.1, 0.15) is 29.3 Å². The van der Waals surface area contributed by atoms with Gasteiger partial charge in [-0.1, -0.05) is 140 Å². The van der Waals surface area contributed by atoms with Crippen molar-refractivity contribution in [3.05, 3.63) is 233 Å². The number of amidine groups is 2. The SMILES string of the molecule is Nc1ccc2c(c1)-c1c(ccc3occ(C4=NC(c5ccccc5)N=C(c5ccccc5)N4)c13)C21c2ccccc2-c2cc(-c3nc4ccccc4n3-c3ccccc3)ccc21. The Kier molecular flexibility index (Phi) is 7.30. The molecule has 0 radical (unpaired) electrons. The minimum absolute atomic E-state index is 0.448. The first-order valence-electron chi connectivity index (χ1n) is 20.9. The van der Waals surface area contributed by atoms with Crippen molar-refractivity contribution >= 4 is 39.4 Å². The lowest BCUT2D eigenvalue weighted by Crippen LogP contribution is -2.36. The van der Waals surface area contributed by atoms with Gasteiger partial charge in [0.15, 0.2) is 6.17 Å². The molecule has 292 valence electrons. The van der Waals surface area contributed by atoms with Gasteiger partial charge < -0.3 is 15.5 Å². The molecule has 3 heterocycles. The first-order chi connectivity index (χ1) is 30.6. The van der Waals surface area contributed by atoms with Crippen LogP contribution in [0.5, 0.6) is 0 Å². The number of furan rings is 1. The van der Waals surface area contributed by atoms with Crippen molar-refractivity contribution < 1.29 is 4.42 Å². The van der Waals surface area contributed by atoms with Gasteiger partial charge in [0.05, 0.1) is 22.0 Å². The van der Waals surface area contributed by atoms with Crippen LogP contribution >= 0.6 is 0 Å². The lowest BCUT2D eigenvalue weighted by atomic mass is 9.70. The van der Waals surface area contributed by atoms with Crippen molar-refractivity contribution in [1.29, 1.82) is 0 Å². The summed E-state index contributed by atoms with van der Waals surface area (Å²) in [6.07, 6.45) is 1.39. The van der Waals surface area contributed by atoms with Crippen LogP contribution in [0.3, 0.4) is 0 Å². The number of imidazole rings is 1. The molecule has 0 amide bonds. The monoisotopic (exact) mass is 796 g/mol. The van der Waals surface area contributed by atoms with E-state index in [2.05, 4.69) is 155 Å². The van der Waals surface area contributed by atoms with E-state index in [0.29, 0.717) is 11.5 Å². The van der Waals surface area contributed by atoms with Crippen molar-refractivity contribution in [2.45, 2.75) is 11.6 Å². The molecule has 7 heteroatoms. The van der Waals surface area contributed by atoms with E-state index in [-0.39, 0.29) is 0 Å². The van der Waals surface area contributed by atoms with E-state index in [1.54, 1.807) is 0 Å². The number of fused-ring (bicyclic) bond motifs is 13. The third-order valence-electron chi connectivity index (χ3n) is 12.9. The fourth-order valence-corrected chi connectivity index (χ4v) is 10.3. The van der Waals surface area contributed by atoms with E-state index in [0.717, 1.165) is 72.7 Å². The molecule has 2 aromatic heterocycles. The highest BCUT2D eigenvalue weighted by atomic mass is 16.3. The molecule has 7 nitrogen and oxygen atoms in total. The summed E-state index contributed by atoms with van der Waals surface area (Å²) in [6.45, 7) is 0. The Bertz CT molecular complexity index is 3510. The molecular formula is C55H36N6O. The zero-order chi connectivity index (χ0) is 40.9. The third kappa shape index (κ3) is 4.84. The molecule has 13 rings (SSSR count). The number of hydrogen-bond acceptors (Lipinski definition) is 6. The van der Waals surface area contributed by atoms with E-state index in [1.165, 1.54) is 33.4 Å². The van der Waals surface area contributed by atoms with Crippen LogP contribution in [0, 0.1) is 0 Å². The van der Waals surface area contributed by atoms with Crippen molar-refractivity contribution in [2.75, 3.05) is 5.73 Å². The maximum atomic E-state index is 6.72. The number of para-hydroxylation sites is 3. The molecule has 1 spiro atoms. The molecule has 2 aliphatic carbocycles. The zero-order valence-electron chi connectivity index (χ0n) is 33.3. The van der Waals surface area contributed by atoms with Crippen LogP contribution in [0.25, 0.3) is 61.3 Å². The van der Waals surface area contributed by atoms with Crippen molar-refractivity contribution in [3.8, 4) is 39.3 Å². The molecule has 2 unspecified atom stereocenters. The molecule has 0 saturated heterocycles. The maximum Gasteiger partial charge on any atom is 0.169 e. The summed E-state index contributed by atoms with van der Waals surface area (Å²) in [5.74, 6) is 2.35. The predicted molar refractivity (Wildman–Crippen MR) is 249 cm³/mol. The molecule has 3 N–H and O–H groups in total. The molecule has 0 saturated carbocycles. The second kappa shape index (κ2) is 13.1. The van der Waals surface area contributed by atoms with Crippen molar-refractivity contribution in [2.24, 2.45) is 9.98 Å². The Morgan fingerprint density at radius 2 is 1.23 bits per heavy atom. The summed E-state index contributed by atoms with van der Waals surface area (Å²) >= 11 is 0. The number of aromatic nitrogens is 2. The molecule has 0 fully saturated rings. The summed E-state index contributed by atoms with van der Waals surface area (Å²) in [5, 5.41) is 4.62. The number of hydrogen-bond donors (Lipinski definition) is 2. The first kappa shape index (κ1) is 34.6. The number of aliphatic imine (C=N–C) groups is 2. The molecule has 3 aliphatic rings. The average molecular weight is 797 g/mol. The van der Waals surface area contributed by atoms with Gasteiger partial charge in [0.25, 0.3) is 0 Å². The molecule has 62 heavy (non-hydrogen) atoms. The first-order valence-corrected chi connectivity index (χ1v) is 20.9. The van der Waals surface area contributed by atoms with E-state index < -0.39 is 11.6 Å². The van der Waals surface area contributed by atoms with E-state index in [1.807, 2.05) is 48.7 Å². The van der Waals surface area contributed by atoms with E-state index in [9.17, 15) is 0 Å². The Morgan fingerprint density at radius 1 is 0.548 bits per heavy atom. The number of rotatable bonds is 5. The second-order valence-electron chi connectivity index (χ2n) is 16.2. The number of nitrogens with two attached hydrogens (primary N) is 1. The Labute approximate surface area is 357 Å². The predicted octanol–water partition coefficient (Wildman–Crippen LogP) is 11.9. The number of nitrogens with zero attached hydrogens (tertiary/aromatic N) is 4. The van der Waals surface area contributed by atoms with Gasteiger partial charge in [-0.25, -0.2) is 15.0 Å². The minimum atomic E-state index is -0.629. The Balaban J connectivity index is 1.04. The maximum absolute atomic E-state index is 6.72. The quantitative estimate of drug-likeness (QED) is 0.170. The van der Waals surface area contributed by atoms with Crippen molar-refractivity contribution in [1.82, 2.24) is 14.9 Å². The second-order valence-corrected chi connectivity index (χ2v) is 16.2. The minimum Gasteiger partial charge on any atom is -0.464 e. The molecule has 0 bridgehead atoms. The van der Waals surface area contributed by atoms with Gasteiger partial charge in [-0.05, 0) is 98.6 Å². The van der Waals surface area contributed by atoms with Crippen LogP contribution in [0.15, 0.2) is 209 Å². The lowest BCUT2D eigenvalue weighted by molar-refractivity contribution is 0.614. The van der Waals surface area contributed by atoms with Crippen molar-refractivity contribution in [3.63, 3.8) is 0 Å². The molecule has 10 aromatic rings. The normalized spacial score (nSPS) is 17.0. The highest BCUT2D eigenvalue weighted by Gasteiger charge is 2.52. The van der Waals surface area contributed by atoms with Gasteiger partial charge in [-0.15, -0.1) is 0 Å². The average Bonchev–Trinajstić information content (AvgIpc) is 4.09. The summed E-state index contributed by atoms with van der Waals surface area (Å²) in [7, 11) is 0. The highest BCUT2D eigenvalue weighted by molar-refractivity contribution is 6.22. The third-order valence-corrected chi connectivity index (χ3v) is 12.9. The number of nitrogens with one attached hydrogen (secondary N) is 1. The number of anilines is 1. The fourth-order valence-electron chi connectivity index (χ4n) is 10.3. The topological polar surface area (TPSA) is 93.7 Å². The van der Waals surface area contributed by atoms with Crippen LogP contribution in [-0.4, -0.2) is 21.2 Å². The number of benzene rings is 8. The molecule has 8 aromatic carbocycles. The van der Waals surface area contributed by atoms with E-state index in [4.69, 9.17) is 25.1 Å². The summed E-state index contributed by atoms with van der Waals surface area (Å²) in [5.41, 5.74) is 23.9. The molecule has 1 aliphatic heterocycles. The summed E-state index contributed by atoms with van der Waals surface area (Å²) in [6, 6.07) is 65.9. The van der Waals surface area contributed by atoms with Gasteiger partial charge in [-0.3, -0.25) is 4.57 Å². The van der Waals surface area contributed by atoms with Crippen LogP contribution < -0.4 is 11.1 Å². The van der Waals surface area contributed by atoms with E-state index >= 15 is 0 Å². The smallest absolute Gasteiger partial charge is 0.169 e. The van der Waals surface area contributed by atoms with Crippen LogP contribution in [0.2, 0.25) is 0 Å². The fraction of sp³-hybridized carbons (Fsp3) is 0.0364.